The lowest BCUT2D eigenvalue weighted by atomic mass is 10.2. The Morgan fingerprint density at radius 1 is 1.00 bits per heavy atom. The molecule has 2 rings (SSSR count). The molecular weight excluding hydrogens is 249 g/mol. The Kier molecular flexibility index (Phi) is 3.56. The van der Waals surface area contributed by atoms with E-state index >= 15 is 0 Å². The van der Waals surface area contributed by atoms with Gasteiger partial charge in [-0.3, -0.25) is 4.79 Å². The van der Waals surface area contributed by atoms with Gasteiger partial charge in [0.1, 0.15) is 11.6 Å². The standard InChI is InChI=1S/C14H10FNO3/c15-11-3-1-2-10(8-11)14(18)19-12-6-4-9(5-7-12)13(16)17/h1-8H,(H2,16,17). The fourth-order valence-corrected chi connectivity index (χ4v) is 1.47. The number of hydrogen-bond acceptors (Lipinski definition) is 3. The molecule has 0 aliphatic heterocycles. The van der Waals surface area contributed by atoms with Crippen molar-refractivity contribution in [1.29, 1.82) is 0 Å². The zero-order valence-corrected chi connectivity index (χ0v) is 9.80. The number of primary amides is 1. The smallest absolute Gasteiger partial charge is 0.343 e. The summed E-state index contributed by atoms with van der Waals surface area (Å²) in [6, 6.07) is 10.9. The van der Waals surface area contributed by atoms with Crippen LogP contribution in [0.25, 0.3) is 0 Å². The molecule has 0 spiro atoms. The first kappa shape index (κ1) is 12.8. The van der Waals surface area contributed by atoms with Crippen LogP contribution in [0.5, 0.6) is 5.75 Å². The summed E-state index contributed by atoms with van der Waals surface area (Å²) in [5.41, 5.74) is 5.51. The Morgan fingerprint density at radius 2 is 1.68 bits per heavy atom. The second-order valence-corrected chi connectivity index (χ2v) is 3.79. The van der Waals surface area contributed by atoms with Gasteiger partial charge in [-0.25, -0.2) is 9.18 Å². The summed E-state index contributed by atoms with van der Waals surface area (Å²) < 4.78 is 18.0. The topological polar surface area (TPSA) is 69.4 Å². The number of ether oxygens (including phenoxy) is 1. The third kappa shape index (κ3) is 3.16. The maximum atomic E-state index is 12.9. The van der Waals surface area contributed by atoms with Crippen LogP contribution < -0.4 is 10.5 Å². The van der Waals surface area contributed by atoms with Crippen LogP contribution in [0.1, 0.15) is 20.7 Å². The van der Waals surface area contributed by atoms with Crippen molar-refractivity contribution in [3.8, 4) is 5.75 Å². The predicted molar refractivity (Wildman–Crippen MR) is 66.3 cm³/mol. The Hall–Kier alpha value is -2.69. The molecule has 5 heteroatoms. The fourth-order valence-electron chi connectivity index (χ4n) is 1.47. The van der Waals surface area contributed by atoms with E-state index in [-0.39, 0.29) is 11.3 Å². The van der Waals surface area contributed by atoms with Crippen molar-refractivity contribution < 1.29 is 18.7 Å². The summed E-state index contributed by atoms with van der Waals surface area (Å²) in [7, 11) is 0. The Morgan fingerprint density at radius 3 is 2.26 bits per heavy atom. The molecule has 0 atom stereocenters. The van der Waals surface area contributed by atoms with Crippen molar-refractivity contribution in [2.24, 2.45) is 5.73 Å². The Bertz CT molecular complexity index is 623. The van der Waals surface area contributed by atoms with Gasteiger partial charge in [0.25, 0.3) is 0 Å². The van der Waals surface area contributed by atoms with Gasteiger partial charge in [-0.1, -0.05) is 6.07 Å². The molecule has 0 bridgehead atoms. The number of halogens is 1. The second kappa shape index (κ2) is 5.30. The molecule has 0 aliphatic rings. The minimum Gasteiger partial charge on any atom is -0.423 e. The van der Waals surface area contributed by atoms with Crippen LogP contribution in [0.3, 0.4) is 0 Å². The molecule has 0 aliphatic carbocycles. The summed E-state index contributed by atoms with van der Waals surface area (Å²) in [5.74, 6) is -1.51. The molecule has 19 heavy (non-hydrogen) atoms. The number of hydrogen-bond donors (Lipinski definition) is 1. The molecule has 2 aromatic carbocycles. The van der Waals surface area contributed by atoms with Gasteiger partial charge in [-0.15, -0.1) is 0 Å². The lowest BCUT2D eigenvalue weighted by molar-refractivity contribution is 0.0734. The zero-order valence-electron chi connectivity index (χ0n) is 9.80. The molecule has 2 N–H and O–H groups in total. The van der Waals surface area contributed by atoms with Crippen molar-refractivity contribution >= 4 is 11.9 Å². The second-order valence-electron chi connectivity index (χ2n) is 3.79. The summed E-state index contributed by atoms with van der Waals surface area (Å²) >= 11 is 0. The first-order valence-corrected chi connectivity index (χ1v) is 5.44. The lowest BCUT2D eigenvalue weighted by Gasteiger charge is -2.04. The minimum absolute atomic E-state index is 0.110. The number of carbonyl (C=O) groups is 2. The van der Waals surface area contributed by atoms with Crippen LogP contribution in [0.4, 0.5) is 4.39 Å². The molecule has 4 nitrogen and oxygen atoms in total. The molecule has 0 heterocycles. The van der Waals surface area contributed by atoms with Crippen LogP contribution in [0, 0.1) is 5.82 Å². The van der Waals surface area contributed by atoms with E-state index < -0.39 is 17.7 Å². The number of esters is 1. The first-order valence-electron chi connectivity index (χ1n) is 5.44. The average Bonchev–Trinajstić information content (AvgIpc) is 2.39. The number of amides is 1. The summed E-state index contributed by atoms with van der Waals surface area (Å²) in [6.07, 6.45) is 0. The van der Waals surface area contributed by atoms with Crippen LogP contribution >= 0.6 is 0 Å². The van der Waals surface area contributed by atoms with Crippen molar-refractivity contribution in [1.82, 2.24) is 0 Å². The summed E-state index contributed by atoms with van der Waals surface area (Å²) in [6.45, 7) is 0. The summed E-state index contributed by atoms with van der Waals surface area (Å²) in [5, 5.41) is 0. The van der Waals surface area contributed by atoms with Crippen LogP contribution in [0.2, 0.25) is 0 Å². The quantitative estimate of drug-likeness (QED) is 0.678. The molecule has 0 saturated carbocycles. The monoisotopic (exact) mass is 259 g/mol. The van der Waals surface area contributed by atoms with E-state index in [1.54, 1.807) is 0 Å². The van der Waals surface area contributed by atoms with Gasteiger partial charge in [0.2, 0.25) is 5.91 Å². The van der Waals surface area contributed by atoms with Gasteiger partial charge in [0.15, 0.2) is 0 Å². The number of rotatable bonds is 3. The van der Waals surface area contributed by atoms with Crippen LogP contribution in [-0.4, -0.2) is 11.9 Å². The normalized spacial score (nSPS) is 9.95. The Balaban J connectivity index is 2.13. The summed E-state index contributed by atoms with van der Waals surface area (Å²) in [4.78, 5) is 22.6. The third-order valence-corrected chi connectivity index (χ3v) is 2.41. The fraction of sp³-hybridized carbons (Fsp3) is 0. The minimum atomic E-state index is -0.675. The van der Waals surface area contributed by atoms with E-state index in [0.717, 1.165) is 6.07 Å². The van der Waals surface area contributed by atoms with Crippen molar-refractivity contribution in [3.05, 3.63) is 65.5 Å². The largest absolute Gasteiger partial charge is 0.423 e. The molecular formula is C14H10FNO3. The number of carbonyl (C=O) groups excluding carboxylic acids is 2. The highest BCUT2D eigenvalue weighted by Gasteiger charge is 2.09. The highest BCUT2D eigenvalue weighted by Crippen LogP contribution is 2.14. The van der Waals surface area contributed by atoms with Crippen LogP contribution in [-0.2, 0) is 0 Å². The first-order chi connectivity index (χ1) is 9.06. The number of nitrogens with two attached hydrogens (primary N) is 1. The Labute approximate surface area is 108 Å². The maximum Gasteiger partial charge on any atom is 0.343 e. The van der Waals surface area contributed by atoms with E-state index in [0.29, 0.717) is 5.56 Å². The average molecular weight is 259 g/mol. The van der Waals surface area contributed by atoms with Gasteiger partial charge < -0.3 is 10.5 Å². The van der Waals surface area contributed by atoms with Crippen molar-refractivity contribution in [3.63, 3.8) is 0 Å². The van der Waals surface area contributed by atoms with E-state index in [1.165, 1.54) is 42.5 Å². The molecule has 0 fully saturated rings. The van der Waals surface area contributed by atoms with Gasteiger partial charge in [-0.05, 0) is 42.5 Å². The molecule has 96 valence electrons. The third-order valence-electron chi connectivity index (χ3n) is 2.41. The molecule has 1 amide bonds. The lowest BCUT2D eigenvalue weighted by Crippen LogP contribution is -2.11. The SMILES string of the molecule is NC(=O)c1ccc(OC(=O)c2cccc(F)c2)cc1. The highest BCUT2D eigenvalue weighted by atomic mass is 19.1. The predicted octanol–water partition coefficient (Wildman–Crippen LogP) is 2.14. The van der Waals surface area contributed by atoms with Crippen molar-refractivity contribution in [2.45, 2.75) is 0 Å². The van der Waals surface area contributed by atoms with E-state index in [4.69, 9.17) is 10.5 Å². The highest BCUT2D eigenvalue weighted by molar-refractivity contribution is 5.93. The van der Waals surface area contributed by atoms with E-state index in [2.05, 4.69) is 0 Å². The van der Waals surface area contributed by atoms with Gasteiger partial charge in [0.05, 0.1) is 5.56 Å². The van der Waals surface area contributed by atoms with E-state index in [9.17, 15) is 14.0 Å². The molecule has 0 saturated heterocycles. The molecule has 0 unspecified atom stereocenters. The molecule has 0 radical (unpaired) electrons. The van der Waals surface area contributed by atoms with E-state index in [1.807, 2.05) is 0 Å². The van der Waals surface area contributed by atoms with Crippen molar-refractivity contribution in [2.75, 3.05) is 0 Å². The molecule has 0 aromatic heterocycles. The van der Waals surface area contributed by atoms with Gasteiger partial charge >= 0.3 is 5.97 Å². The van der Waals surface area contributed by atoms with Crippen LogP contribution in [0.15, 0.2) is 48.5 Å². The van der Waals surface area contributed by atoms with Gasteiger partial charge in [0, 0.05) is 5.56 Å². The molecule has 2 aromatic rings. The zero-order chi connectivity index (χ0) is 13.8. The van der Waals surface area contributed by atoms with Gasteiger partial charge in [-0.2, -0.15) is 0 Å². The maximum absolute atomic E-state index is 12.9. The number of benzene rings is 2.